The molecule has 3 aromatic carbocycles. The largest absolute Gasteiger partial charge is 0.493 e. The summed E-state index contributed by atoms with van der Waals surface area (Å²) in [6.45, 7) is 0.254. The molecular formula is C24H15BrCl3NO4. The zero-order valence-electron chi connectivity index (χ0n) is 17.1. The van der Waals surface area contributed by atoms with Crippen LogP contribution in [-0.2, 0) is 16.1 Å². The molecule has 0 aliphatic carbocycles. The first-order chi connectivity index (χ1) is 15.9. The van der Waals surface area contributed by atoms with Gasteiger partial charge in [0.25, 0.3) is 0 Å². The third-order valence-electron chi connectivity index (χ3n) is 4.65. The van der Waals surface area contributed by atoms with E-state index in [2.05, 4.69) is 20.9 Å². The lowest BCUT2D eigenvalue weighted by atomic mass is 10.1. The minimum absolute atomic E-state index is 0.142. The number of ether oxygens (including phenoxy) is 3. The highest BCUT2D eigenvalue weighted by Crippen LogP contribution is 2.38. The fourth-order valence-corrected chi connectivity index (χ4v) is 4.18. The zero-order chi connectivity index (χ0) is 23.5. The van der Waals surface area contributed by atoms with Crippen LogP contribution in [0.25, 0.3) is 6.08 Å². The molecule has 1 heterocycles. The minimum Gasteiger partial charge on any atom is -0.493 e. The van der Waals surface area contributed by atoms with Crippen molar-refractivity contribution in [3.05, 3.63) is 96.5 Å². The van der Waals surface area contributed by atoms with Crippen molar-refractivity contribution in [2.75, 3.05) is 7.11 Å². The van der Waals surface area contributed by atoms with Crippen LogP contribution in [0.1, 0.15) is 16.7 Å². The van der Waals surface area contributed by atoms with Gasteiger partial charge in [0.15, 0.2) is 17.2 Å². The standard InChI is InChI=1S/C24H15BrCl3NO4/c1-31-21-11-14(8-16(25)22(21)32-12-13-6-7-18(27)19(28)9-13)10-20-24(30)33-23(29-20)15-4-2-3-5-17(15)26/h2-11H,12H2,1H3/b20-10-. The zero-order valence-corrected chi connectivity index (χ0v) is 20.9. The molecule has 0 saturated carbocycles. The van der Waals surface area contributed by atoms with Gasteiger partial charge in [-0.05, 0) is 69.5 Å². The number of nitrogens with zero attached hydrogens (tertiary/aromatic N) is 1. The van der Waals surface area contributed by atoms with Gasteiger partial charge in [-0.2, -0.15) is 0 Å². The fourth-order valence-electron chi connectivity index (χ4n) is 3.06. The molecule has 4 rings (SSSR count). The van der Waals surface area contributed by atoms with E-state index in [4.69, 9.17) is 49.0 Å². The Labute approximate surface area is 213 Å². The molecule has 0 amide bonds. The Morgan fingerprint density at radius 3 is 2.55 bits per heavy atom. The van der Waals surface area contributed by atoms with Crippen LogP contribution in [0.5, 0.6) is 11.5 Å². The van der Waals surface area contributed by atoms with Crippen molar-refractivity contribution in [2.24, 2.45) is 4.99 Å². The molecule has 0 atom stereocenters. The summed E-state index contributed by atoms with van der Waals surface area (Å²) in [7, 11) is 1.53. The van der Waals surface area contributed by atoms with Crippen LogP contribution in [0.15, 0.2) is 69.8 Å². The Hall–Kier alpha value is -2.51. The van der Waals surface area contributed by atoms with E-state index in [1.54, 1.807) is 54.6 Å². The van der Waals surface area contributed by atoms with E-state index in [-0.39, 0.29) is 18.2 Å². The van der Waals surface area contributed by atoms with Gasteiger partial charge in [-0.1, -0.05) is 53.0 Å². The number of esters is 1. The number of halogens is 4. The number of benzene rings is 3. The maximum absolute atomic E-state index is 12.4. The highest BCUT2D eigenvalue weighted by molar-refractivity contribution is 9.10. The topological polar surface area (TPSA) is 57.1 Å². The summed E-state index contributed by atoms with van der Waals surface area (Å²) in [5, 5.41) is 1.37. The van der Waals surface area contributed by atoms with Gasteiger partial charge in [0.1, 0.15) is 6.61 Å². The Morgan fingerprint density at radius 2 is 1.82 bits per heavy atom. The predicted octanol–water partition coefficient (Wildman–Crippen LogP) is 7.34. The van der Waals surface area contributed by atoms with Crippen molar-refractivity contribution >= 4 is 68.7 Å². The lowest BCUT2D eigenvalue weighted by Crippen LogP contribution is -2.05. The fraction of sp³-hybridized carbons (Fsp3) is 0.0833. The van der Waals surface area contributed by atoms with Gasteiger partial charge in [-0.15, -0.1) is 0 Å². The first-order valence-electron chi connectivity index (χ1n) is 9.57. The molecule has 0 saturated heterocycles. The van der Waals surface area contributed by atoms with E-state index in [9.17, 15) is 4.79 Å². The van der Waals surface area contributed by atoms with Gasteiger partial charge in [0, 0.05) is 0 Å². The van der Waals surface area contributed by atoms with Crippen molar-refractivity contribution in [3.63, 3.8) is 0 Å². The molecule has 9 heteroatoms. The second kappa shape index (κ2) is 10.2. The van der Waals surface area contributed by atoms with E-state index in [1.807, 2.05) is 6.07 Å². The molecule has 1 aliphatic heterocycles. The Morgan fingerprint density at radius 1 is 1.03 bits per heavy atom. The number of methoxy groups -OCH3 is 1. The number of hydrogen-bond donors (Lipinski definition) is 0. The Balaban J connectivity index is 1.59. The summed E-state index contributed by atoms with van der Waals surface area (Å²) in [4.78, 5) is 16.7. The summed E-state index contributed by atoms with van der Waals surface area (Å²) < 4.78 is 17.4. The molecule has 1 aliphatic rings. The minimum atomic E-state index is -0.569. The van der Waals surface area contributed by atoms with Crippen LogP contribution in [0.3, 0.4) is 0 Å². The summed E-state index contributed by atoms with van der Waals surface area (Å²) in [6.07, 6.45) is 1.60. The van der Waals surface area contributed by atoms with Gasteiger partial charge in [0.05, 0.1) is 32.2 Å². The second-order valence-corrected chi connectivity index (χ2v) is 8.96. The molecule has 0 radical (unpaired) electrons. The predicted molar refractivity (Wildman–Crippen MR) is 134 cm³/mol. The first kappa shape index (κ1) is 23.6. The van der Waals surface area contributed by atoms with Crippen LogP contribution in [-0.4, -0.2) is 19.0 Å². The third-order valence-corrected chi connectivity index (χ3v) is 6.30. The average molecular weight is 568 g/mol. The van der Waals surface area contributed by atoms with E-state index in [0.717, 1.165) is 5.56 Å². The molecule has 0 spiro atoms. The number of cyclic esters (lactones) is 1. The smallest absolute Gasteiger partial charge is 0.363 e. The number of carbonyl (C=O) groups excluding carboxylic acids is 1. The lowest BCUT2D eigenvalue weighted by Gasteiger charge is -2.14. The van der Waals surface area contributed by atoms with E-state index in [1.165, 1.54) is 7.11 Å². The molecule has 33 heavy (non-hydrogen) atoms. The highest BCUT2D eigenvalue weighted by atomic mass is 79.9. The first-order valence-corrected chi connectivity index (χ1v) is 11.5. The molecule has 5 nitrogen and oxygen atoms in total. The van der Waals surface area contributed by atoms with E-state index >= 15 is 0 Å². The SMILES string of the molecule is COc1cc(/C=C2\N=C(c3ccccc3Cl)OC2=O)cc(Br)c1OCc1ccc(Cl)c(Cl)c1. The van der Waals surface area contributed by atoms with Gasteiger partial charge in [0.2, 0.25) is 5.90 Å². The van der Waals surface area contributed by atoms with Crippen LogP contribution < -0.4 is 9.47 Å². The monoisotopic (exact) mass is 565 g/mol. The Kier molecular flexibility index (Phi) is 7.29. The Bertz CT molecular complexity index is 1310. The summed E-state index contributed by atoms with van der Waals surface area (Å²) >= 11 is 21.7. The molecule has 0 bridgehead atoms. The quantitative estimate of drug-likeness (QED) is 0.231. The van der Waals surface area contributed by atoms with Crippen LogP contribution in [0.4, 0.5) is 0 Å². The van der Waals surface area contributed by atoms with E-state index < -0.39 is 5.97 Å². The number of aliphatic imine (C=N–C) groups is 1. The maximum Gasteiger partial charge on any atom is 0.363 e. The third kappa shape index (κ3) is 5.36. The number of rotatable bonds is 6. The van der Waals surface area contributed by atoms with E-state index in [0.29, 0.717) is 42.2 Å². The molecule has 0 N–H and O–H groups in total. The normalized spacial score (nSPS) is 14.3. The van der Waals surface area contributed by atoms with Gasteiger partial charge in [-0.25, -0.2) is 9.79 Å². The van der Waals surface area contributed by atoms with Crippen LogP contribution in [0.2, 0.25) is 15.1 Å². The summed E-state index contributed by atoms with van der Waals surface area (Å²) in [6, 6.07) is 15.8. The molecule has 0 fully saturated rings. The molecule has 0 aromatic heterocycles. The van der Waals surface area contributed by atoms with Crippen LogP contribution in [0, 0.1) is 0 Å². The average Bonchev–Trinajstić information content (AvgIpc) is 3.15. The number of carbonyl (C=O) groups is 1. The van der Waals surface area contributed by atoms with Crippen molar-refractivity contribution in [1.82, 2.24) is 0 Å². The molecule has 0 unspecified atom stereocenters. The van der Waals surface area contributed by atoms with Crippen molar-refractivity contribution in [3.8, 4) is 11.5 Å². The van der Waals surface area contributed by atoms with Gasteiger partial charge < -0.3 is 14.2 Å². The van der Waals surface area contributed by atoms with Gasteiger partial charge in [-0.3, -0.25) is 0 Å². The van der Waals surface area contributed by atoms with Crippen molar-refractivity contribution in [2.45, 2.75) is 6.61 Å². The van der Waals surface area contributed by atoms with Gasteiger partial charge >= 0.3 is 5.97 Å². The van der Waals surface area contributed by atoms with Crippen molar-refractivity contribution in [1.29, 1.82) is 0 Å². The summed E-state index contributed by atoms with van der Waals surface area (Å²) in [5.41, 5.74) is 2.19. The molecule has 3 aromatic rings. The maximum atomic E-state index is 12.4. The highest BCUT2D eigenvalue weighted by Gasteiger charge is 2.25. The second-order valence-electron chi connectivity index (χ2n) is 6.89. The lowest BCUT2D eigenvalue weighted by molar-refractivity contribution is -0.129. The van der Waals surface area contributed by atoms with Crippen molar-refractivity contribution < 1.29 is 19.0 Å². The number of hydrogen-bond acceptors (Lipinski definition) is 5. The van der Waals surface area contributed by atoms with Crippen LogP contribution >= 0.6 is 50.7 Å². The summed E-state index contributed by atoms with van der Waals surface area (Å²) in [5.74, 6) is 0.558. The molecule has 168 valence electrons. The molecular weight excluding hydrogens is 553 g/mol.